The van der Waals surface area contributed by atoms with E-state index < -0.39 is 34.1 Å². The standard InChI is InChI=1S/C15H14F2N2O3S/c1-10-4-2-3-5-14(10)23(21,22)18-9-15(20)19-11-6-7-12(16)13(17)8-11/h2-8,18H,9H2,1H3,(H,19,20). The molecule has 2 rings (SSSR count). The molecule has 0 bridgehead atoms. The second kappa shape index (κ2) is 6.84. The summed E-state index contributed by atoms with van der Waals surface area (Å²) >= 11 is 0. The van der Waals surface area contributed by atoms with Gasteiger partial charge in [0, 0.05) is 11.8 Å². The molecular weight excluding hydrogens is 326 g/mol. The zero-order valence-electron chi connectivity index (χ0n) is 12.1. The Morgan fingerprint density at radius 2 is 1.78 bits per heavy atom. The van der Waals surface area contributed by atoms with Crippen LogP contribution in [0.5, 0.6) is 0 Å². The molecule has 2 aromatic rings. The summed E-state index contributed by atoms with van der Waals surface area (Å²) in [5, 5.41) is 2.28. The Kier molecular flexibility index (Phi) is 5.07. The number of hydrogen-bond donors (Lipinski definition) is 2. The van der Waals surface area contributed by atoms with Crippen LogP contribution in [-0.4, -0.2) is 20.9 Å². The molecule has 0 aromatic heterocycles. The van der Waals surface area contributed by atoms with Gasteiger partial charge in [-0.3, -0.25) is 4.79 Å². The summed E-state index contributed by atoms with van der Waals surface area (Å²) in [4.78, 5) is 11.8. The number of carbonyl (C=O) groups is 1. The zero-order chi connectivity index (χ0) is 17.0. The van der Waals surface area contributed by atoms with E-state index >= 15 is 0 Å². The van der Waals surface area contributed by atoms with Crippen molar-refractivity contribution in [1.82, 2.24) is 4.72 Å². The largest absolute Gasteiger partial charge is 0.325 e. The maximum Gasteiger partial charge on any atom is 0.241 e. The van der Waals surface area contributed by atoms with Crippen LogP contribution in [0.3, 0.4) is 0 Å². The average molecular weight is 340 g/mol. The lowest BCUT2D eigenvalue weighted by Gasteiger charge is -2.09. The van der Waals surface area contributed by atoms with Crippen LogP contribution in [0.25, 0.3) is 0 Å². The van der Waals surface area contributed by atoms with Gasteiger partial charge in [0.2, 0.25) is 15.9 Å². The van der Waals surface area contributed by atoms with Crippen LogP contribution >= 0.6 is 0 Å². The Labute approximate surface area is 132 Å². The molecule has 0 aliphatic carbocycles. The number of benzene rings is 2. The number of aryl methyl sites for hydroxylation is 1. The molecule has 0 radical (unpaired) electrons. The van der Waals surface area contributed by atoms with Crippen LogP contribution in [0.1, 0.15) is 5.56 Å². The van der Waals surface area contributed by atoms with Gasteiger partial charge in [0.05, 0.1) is 11.4 Å². The minimum Gasteiger partial charge on any atom is -0.325 e. The third kappa shape index (κ3) is 4.33. The molecule has 122 valence electrons. The van der Waals surface area contributed by atoms with Gasteiger partial charge in [-0.15, -0.1) is 0 Å². The van der Waals surface area contributed by atoms with Crippen LogP contribution in [0, 0.1) is 18.6 Å². The first kappa shape index (κ1) is 17.0. The van der Waals surface area contributed by atoms with Crippen LogP contribution in [0.2, 0.25) is 0 Å². The lowest BCUT2D eigenvalue weighted by Crippen LogP contribution is -2.33. The molecule has 0 saturated carbocycles. The minimum absolute atomic E-state index is 0.0315. The minimum atomic E-state index is -3.84. The molecule has 2 N–H and O–H groups in total. The highest BCUT2D eigenvalue weighted by Crippen LogP contribution is 2.14. The molecule has 0 spiro atoms. The Morgan fingerprint density at radius 1 is 1.09 bits per heavy atom. The van der Waals surface area contributed by atoms with Gasteiger partial charge in [0.25, 0.3) is 0 Å². The Balaban J connectivity index is 2.01. The molecule has 0 aliphatic heterocycles. The predicted octanol–water partition coefficient (Wildman–Crippen LogP) is 2.19. The van der Waals surface area contributed by atoms with Gasteiger partial charge in [-0.05, 0) is 30.7 Å². The second-order valence-electron chi connectivity index (χ2n) is 4.77. The molecule has 1 amide bonds. The molecular formula is C15H14F2N2O3S. The third-order valence-corrected chi connectivity index (χ3v) is 4.57. The highest BCUT2D eigenvalue weighted by atomic mass is 32.2. The van der Waals surface area contributed by atoms with Gasteiger partial charge in [-0.1, -0.05) is 18.2 Å². The van der Waals surface area contributed by atoms with Crippen molar-refractivity contribution in [2.45, 2.75) is 11.8 Å². The van der Waals surface area contributed by atoms with Crippen molar-refractivity contribution in [2.24, 2.45) is 0 Å². The number of nitrogens with one attached hydrogen (secondary N) is 2. The lowest BCUT2D eigenvalue weighted by atomic mass is 10.2. The number of sulfonamides is 1. The first-order chi connectivity index (χ1) is 10.8. The van der Waals surface area contributed by atoms with E-state index in [0.29, 0.717) is 5.56 Å². The molecule has 2 aromatic carbocycles. The van der Waals surface area contributed by atoms with E-state index in [2.05, 4.69) is 10.0 Å². The molecule has 0 aliphatic rings. The monoisotopic (exact) mass is 340 g/mol. The third-order valence-electron chi connectivity index (χ3n) is 3.01. The SMILES string of the molecule is Cc1ccccc1S(=O)(=O)NCC(=O)Nc1ccc(F)c(F)c1. The average Bonchev–Trinajstić information content (AvgIpc) is 2.49. The molecule has 23 heavy (non-hydrogen) atoms. The van der Waals surface area contributed by atoms with Crippen molar-refractivity contribution in [3.63, 3.8) is 0 Å². The van der Waals surface area contributed by atoms with Crippen molar-refractivity contribution in [3.05, 3.63) is 59.7 Å². The van der Waals surface area contributed by atoms with Crippen LogP contribution in [0.15, 0.2) is 47.4 Å². The summed E-state index contributed by atoms with van der Waals surface area (Å²) in [5.74, 6) is -2.85. The number of halogens is 2. The van der Waals surface area contributed by atoms with Crippen molar-refractivity contribution in [3.8, 4) is 0 Å². The van der Waals surface area contributed by atoms with E-state index in [9.17, 15) is 22.0 Å². The fourth-order valence-corrected chi connectivity index (χ4v) is 3.10. The van der Waals surface area contributed by atoms with E-state index in [1.54, 1.807) is 25.1 Å². The van der Waals surface area contributed by atoms with Crippen molar-refractivity contribution >= 4 is 21.6 Å². The van der Waals surface area contributed by atoms with Gasteiger partial charge < -0.3 is 5.32 Å². The fraction of sp³-hybridized carbons (Fsp3) is 0.133. The smallest absolute Gasteiger partial charge is 0.241 e. The zero-order valence-corrected chi connectivity index (χ0v) is 13.0. The Hall–Kier alpha value is -2.32. The lowest BCUT2D eigenvalue weighted by molar-refractivity contribution is -0.115. The second-order valence-corrected chi connectivity index (χ2v) is 6.50. The molecule has 8 heteroatoms. The molecule has 0 atom stereocenters. The van der Waals surface area contributed by atoms with E-state index in [4.69, 9.17) is 0 Å². The molecule has 5 nitrogen and oxygen atoms in total. The van der Waals surface area contributed by atoms with Crippen LogP contribution < -0.4 is 10.0 Å². The van der Waals surface area contributed by atoms with E-state index in [1.165, 1.54) is 12.1 Å². The van der Waals surface area contributed by atoms with Crippen LogP contribution in [-0.2, 0) is 14.8 Å². The van der Waals surface area contributed by atoms with Crippen molar-refractivity contribution < 1.29 is 22.0 Å². The first-order valence-corrected chi connectivity index (χ1v) is 8.08. The van der Waals surface area contributed by atoms with Gasteiger partial charge >= 0.3 is 0 Å². The topological polar surface area (TPSA) is 75.3 Å². The van der Waals surface area contributed by atoms with Gasteiger partial charge in [0.15, 0.2) is 11.6 Å². The molecule has 0 unspecified atom stereocenters. The summed E-state index contributed by atoms with van der Waals surface area (Å²) in [6.45, 7) is 1.10. The van der Waals surface area contributed by atoms with E-state index in [-0.39, 0.29) is 10.6 Å². The fourth-order valence-electron chi connectivity index (χ4n) is 1.88. The Morgan fingerprint density at radius 3 is 2.43 bits per heavy atom. The normalized spacial score (nSPS) is 11.3. The van der Waals surface area contributed by atoms with Crippen molar-refractivity contribution in [2.75, 3.05) is 11.9 Å². The predicted molar refractivity (Wildman–Crippen MR) is 81.4 cm³/mol. The quantitative estimate of drug-likeness (QED) is 0.876. The number of hydrogen-bond acceptors (Lipinski definition) is 3. The van der Waals surface area contributed by atoms with Gasteiger partial charge in [-0.25, -0.2) is 21.9 Å². The number of anilines is 1. The number of amides is 1. The van der Waals surface area contributed by atoms with Gasteiger partial charge in [0.1, 0.15) is 0 Å². The van der Waals surface area contributed by atoms with Crippen molar-refractivity contribution in [1.29, 1.82) is 0 Å². The molecule has 0 saturated heterocycles. The summed E-state index contributed by atoms with van der Waals surface area (Å²) in [6, 6.07) is 9.17. The molecule has 0 fully saturated rings. The maximum atomic E-state index is 13.0. The number of rotatable bonds is 5. The van der Waals surface area contributed by atoms with E-state index in [0.717, 1.165) is 12.1 Å². The summed E-state index contributed by atoms with van der Waals surface area (Å²) in [7, 11) is -3.84. The maximum absolute atomic E-state index is 13.0. The summed E-state index contributed by atoms with van der Waals surface area (Å²) < 4.78 is 52.2. The first-order valence-electron chi connectivity index (χ1n) is 6.60. The van der Waals surface area contributed by atoms with Crippen LogP contribution in [0.4, 0.5) is 14.5 Å². The summed E-state index contributed by atoms with van der Waals surface area (Å²) in [5.41, 5.74) is 0.574. The Bertz CT molecular complexity index is 838. The highest BCUT2D eigenvalue weighted by Gasteiger charge is 2.17. The van der Waals surface area contributed by atoms with Gasteiger partial charge in [-0.2, -0.15) is 0 Å². The number of carbonyl (C=O) groups excluding carboxylic acids is 1. The molecule has 0 heterocycles. The summed E-state index contributed by atoms with van der Waals surface area (Å²) in [6.07, 6.45) is 0. The van der Waals surface area contributed by atoms with E-state index in [1.807, 2.05) is 0 Å². The highest BCUT2D eigenvalue weighted by molar-refractivity contribution is 7.89.